The molecule has 0 spiro atoms. The number of ether oxygens (including phenoxy) is 1. The molecule has 0 bridgehead atoms. The van der Waals surface area contributed by atoms with Crippen molar-refractivity contribution in [3.8, 4) is 0 Å². The monoisotopic (exact) mass is 323 g/mol. The number of hydrogen-bond acceptors (Lipinski definition) is 5. The van der Waals surface area contributed by atoms with E-state index in [0.29, 0.717) is 19.4 Å². The first-order valence-electron chi connectivity index (χ1n) is 7.41. The normalized spacial score (nSPS) is 17.7. The van der Waals surface area contributed by atoms with E-state index < -0.39 is 29.6 Å². The molecule has 0 aromatic carbocycles. The second kappa shape index (κ2) is 6.72. The van der Waals surface area contributed by atoms with Crippen LogP contribution in [0, 0.1) is 0 Å². The van der Waals surface area contributed by atoms with Gasteiger partial charge in [0.25, 0.3) is 5.91 Å². The highest BCUT2D eigenvalue weighted by atomic mass is 16.6. The first-order valence-corrected chi connectivity index (χ1v) is 7.41. The molecule has 1 saturated heterocycles. The fraction of sp³-hybridized carbons (Fsp3) is 0.533. The molecule has 8 nitrogen and oxygen atoms in total. The molecule has 1 aliphatic heterocycles. The quantitative estimate of drug-likeness (QED) is 0.802. The SMILES string of the molecule is CC(C)(C)OC(=O)N1CCCC1C(=O)NNC(=O)c1ccco1. The predicted octanol–water partition coefficient (Wildman–Crippen LogP) is 1.44. The van der Waals surface area contributed by atoms with E-state index in [-0.39, 0.29) is 5.76 Å². The molecule has 2 N–H and O–H groups in total. The molecular formula is C15H21N3O5. The van der Waals surface area contributed by atoms with Gasteiger partial charge in [-0.1, -0.05) is 0 Å². The lowest BCUT2D eigenvalue weighted by Crippen LogP contribution is -2.52. The number of carbonyl (C=O) groups excluding carboxylic acids is 3. The van der Waals surface area contributed by atoms with Crippen molar-refractivity contribution in [1.82, 2.24) is 15.8 Å². The molecule has 0 saturated carbocycles. The van der Waals surface area contributed by atoms with Crippen LogP contribution >= 0.6 is 0 Å². The van der Waals surface area contributed by atoms with Crippen molar-refractivity contribution in [2.45, 2.75) is 45.3 Å². The van der Waals surface area contributed by atoms with Crippen molar-refractivity contribution < 1.29 is 23.5 Å². The average molecular weight is 323 g/mol. The molecule has 2 rings (SSSR count). The number of hydrogen-bond donors (Lipinski definition) is 2. The Balaban J connectivity index is 1.90. The van der Waals surface area contributed by atoms with Gasteiger partial charge in [0.1, 0.15) is 11.6 Å². The number of nitrogens with zero attached hydrogens (tertiary/aromatic N) is 1. The van der Waals surface area contributed by atoms with Crippen LogP contribution in [0.15, 0.2) is 22.8 Å². The minimum absolute atomic E-state index is 0.0840. The van der Waals surface area contributed by atoms with Crippen LogP contribution in [0.1, 0.15) is 44.2 Å². The Kier molecular flexibility index (Phi) is 4.92. The molecule has 1 fully saturated rings. The fourth-order valence-electron chi connectivity index (χ4n) is 2.25. The van der Waals surface area contributed by atoms with Gasteiger partial charge in [-0.2, -0.15) is 0 Å². The summed E-state index contributed by atoms with van der Waals surface area (Å²) in [5.74, 6) is -0.945. The highest BCUT2D eigenvalue weighted by Crippen LogP contribution is 2.20. The summed E-state index contributed by atoms with van der Waals surface area (Å²) >= 11 is 0. The molecule has 2 heterocycles. The van der Waals surface area contributed by atoms with Crippen LogP contribution in [0.2, 0.25) is 0 Å². The minimum Gasteiger partial charge on any atom is -0.459 e. The molecule has 1 aromatic heterocycles. The Labute approximate surface area is 134 Å². The van der Waals surface area contributed by atoms with Gasteiger partial charge in [-0.05, 0) is 45.7 Å². The summed E-state index contributed by atoms with van der Waals surface area (Å²) in [7, 11) is 0. The van der Waals surface area contributed by atoms with E-state index in [9.17, 15) is 14.4 Å². The van der Waals surface area contributed by atoms with E-state index in [1.165, 1.54) is 17.2 Å². The Morgan fingerprint density at radius 3 is 2.65 bits per heavy atom. The maximum Gasteiger partial charge on any atom is 0.410 e. The van der Waals surface area contributed by atoms with Gasteiger partial charge in [0.15, 0.2) is 5.76 Å². The van der Waals surface area contributed by atoms with Crippen LogP contribution < -0.4 is 10.9 Å². The maximum absolute atomic E-state index is 12.2. The topological polar surface area (TPSA) is 101 Å². The van der Waals surface area contributed by atoms with Crippen molar-refractivity contribution in [3.63, 3.8) is 0 Å². The van der Waals surface area contributed by atoms with Crippen molar-refractivity contribution in [3.05, 3.63) is 24.2 Å². The summed E-state index contributed by atoms with van der Waals surface area (Å²) in [4.78, 5) is 37.4. The smallest absolute Gasteiger partial charge is 0.410 e. The highest BCUT2D eigenvalue weighted by molar-refractivity contribution is 5.94. The highest BCUT2D eigenvalue weighted by Gasteiger charge is 2.36. The molecule has 1 atom stereocenters. The number of rotatable bonds is 2. The number of amides is 3. The number of likely N-dealkylation sites (tertiary alicyclic amines) is 1. The van der Waals surface area contributed by atoms with Crippen molar-refractivity contribution in [1.29, 1.82) is 0 Å². The van der Waals surface area contributed by atoms with Gasteiger partial charge in [-0.15, -0.1) is 0 Å². The number of furan rings is 1. The van der Waals surface area contributed by atoms with Crippen LogP contribution in [-0.2, 0) is 9.53 Å². The third kappa shape index (κ3) is 4.48. The van der Waals surface area contributed by atoms with E-state index in [1.54, 1.807) is 26.8 Å². The first-order chi connectivity index (χ1) is 10.8. The molecule has 1 unspecified atom stereocenters. The van der Waals surface area contributed by atoms with Crippen molar-refractivity contribution in [2.75, 3.05) is 6.54 Å². The van der Waals surface area contributed by atoms with Gasteiger partial charge in [0, 0.05) is 6.54 Å². The van der Waals surface area contributed by atoms with Gasteiger partial charge in [0.05, 0.1) is 6.26 Å². The Morgan fingerprint density at radius 1 is 1.30 bits per heavy atom. The molecule has 0 radical (unpaired) electrons. The van der Waals surface area contributed by atoms with E-state index in [4.69, 9.17) is 9.15 Å². The molecule has 8 heteroatoms. The molecule has 3 amide bonds. The predicted molar refractivity (Wildman–Crippen MR) is 80.3 cm³/mol. The average Bonchev–Trinajstić information content (AvgIpc) is 3.12. The van der Waals surface area contributed by atoms with Crippen molar-refractivity contribution in [2.24, 2.45) is 0 Å². The Hall–Kier alpha value is -2.51. The second-order valence-electron chi connectivity index (χ2n) is 6.25. The lowest BCUT2D eigenvalue weighted by atomic mass is 10.2. The van der Waals surface area contributed by atoms with Gasteiger partial charge in [0.2, 0.25) is 0 Å². The number of carbonyl (C=O) groups is 3. The first kappa shape index (κ1) is 16.9. The molecule has 1 aliphatic rings. The van der Waals surface area contributed by atoms with Crippen LogP contribution in [0.4, 0.5) is 4.79 Å². The Bertz CT molecular complexity index is 576. The summed E-state index contributed by atoms with van der Waals surface area (Å²) in [5.41, 5.74) is 3.94. The largest absolute Gasteiger partial charge is 0.459 e. The third-order valence-corrected chi connectivity index (χ3v) is 3.23. The fourth-order valence-corrected chi connectivity index (χ4v) is 2.25. The number of hydrazine groups is 1. The van der Waals surface area contributed by atoms with Gasteiger partial charge >= 0.3 is 12.0 Å². The van der Waals surface area contributed by atoms with Crippen LogP contribution in [0.25, 0.3) is 0 Å². The van der Waals surface area contributed by atoms with Crippen LogP contribution in [0.3, 0.4) is 0 Å². The maximum atomic E-state index is 12.2. The Morgan fingerprint density at radius 2 is 2.04 bits per heavy atom. The van der Waals surface area contributed by atoms with E-state index in [2.05, 4.69) is 10.9 Å². The molecule has 0 aliphatic carbocycles. The zero-order valence-corrected chi connectivity index (χ0v) is 13.4. The zero-order valence-electron chi connectivity index (χ0n) is 13.4. The van der Waals surface area contributed by atoms with Gasteiger partial charge in [-0.25, -0.2) is 4.79 Å². The zero-order chi connectivity index (χ0) is 17.0. The molecule has 126 valence electrons. The van der Waals surface area contributed by atoms with Crippen LogP contribution in [0.5, 0.6) is 0 Å². The second-order valence-corrected chi connectivity index (χ2v) is 6.25. The molecular weight excluding hydrogens is 302 g/mol. The molecule has 23 heavy (non-hydrogen) atoms. The van der Waals surface area contributed by atoms with Gasteiger partial charge in [-0.3, -0.25) is 25.3 Å². The lowest BCUT2D eigenvalue weighted by molar-refractivity contribution is -0.126. The van der Waals surface area contributed by atoms with E-state index in [0.717, 1.165) is 0 Å². The van der Waals surface area contributed by atoms with E-state index >= 15 is 0 Å². The molecule has 1 aromatic rings. The third-order valence-electron chi connectivity index (χ3n) is 3.23. The standard InChI is InChI=1S/C15H21N3O5/c1-15(2,3)23-14(21)18-8-4-6-10(18)12(19)16-17-13(20)11-7-5-9-22-11/h5,7,9-10H,4,6,8H2,1-3H3,(H,16,19)(H,17,20). The van der Waals surface area contributed by atoms with E-state index in [1.807, 2.05) is 0 Å². The summed E-state index contributed by atoms with van der Waals surface area (Å²) in [6.45, 7) is 5.73. The summed E-state index contributed by atoms with van der Waals surface area (Å²) < 4.78 is 10.2. The number of nitrogens with one attached hydrogen (secondary N) is 2. The minimum atomic E-state index is -0.665. The van der Waals surface area contributed by atoms with Crippen molar-refractivity contribution >= 4 is 17.9 Å². The summed E-state index contributed by atoms with van der Waals surface area (Å²) in [5, 5.41) is 0. The summed E-state index contributed by atoms with van der Waals surface area (Å²) in [6, 6.07) is 2.38. The van der Waals surface area contributed by atoms with Gasteiger partial charge < -0.3 is 9.15 Å². The lowest BCUT2D eigenvalue weighted by Gasteiger charge is -2.27. The summed E-state index contributed by atoms with van der Waals surface area (Å²) in [6.07, 6.45) is 2.04. The van der Waals surface area contributed by atoms with Crippen LogP contribution in [-0.4, -0.2) is 41.0 Å².